The van der Waals surface area contributed by atoms with Crippen molar-refractivity contribution >= 4 is 62.7 Å². The van der Waals surface area contributed by atoms with E-state index in [1.54, 1.807) is 13.0 Å². The van der Waals surface area contributed by atoms with E-state index in [0.29, 0.717) is 21.0 Å². The fraction of sp³-hybridized carbons (Fsp3) is 0.235. The maximum Gasteiger partial charge on any atom is 0.266 e. The summed E-state index contributed by atoms with van der Waals surface area (Å²) in [6.45, 7) is 4.14. The molecule has 0 bridgehead atoms. The van der Waals surface area contributed by atoms with Gasteiger partial charge in [0.1, 0.15) is 21.6 Å². The molecule has 1 aromatic heterocycles. The number of carbonyl (C=O) groups is 2. The third-order valence-electron chi connectivity index (χ3n) is 3.44. The third kappa shape index (κ3) is 4.90. The molecule has 2 aromatic rings. The Morgan fingerprint density at radius 3 is 2.70 bits per heavy atom. The van der Waals surface area contributed by atoms with Crippen molar-refractivity contribution in [1.29, 1.82) is 0 Å². The lowest BCUT2D eigenvalue weighted by atomic mass is 10.2. The van der Waals surface area contributed by atoms with Crippen molar-refractivity contribution in [2.24, 2.45) is 0 Å². The molecular formula is C17H16N4O3S3. The van der Waals surface area contributed by atoms with E-state index in [4.69, 9.17) is 17.0 Å². The number of aryl methyl sites for hydroxylation is 1. The summed E-state index contributed by atoms with van der Waals surface area (Å²) in [5, 5.41) is 11.4. The Morgan fingerprint density at radius 2 is 2.07 bits per heavy atom. The average molecular weight is 421 g/mol. The largest absolute Gasteiger partial charge is 0.494 e. The molecule has 7 nitrogen and oxygen atoms in total. The zero-order valence-corrected chi connectivity index (χ0v) is 17.0. The summed E-state index contributed by atoms with van der Waals surface area (Å²) in [6, 6.07) is 7.41. The van der Waals surface area contributed by atoms with Crippen LogP contribution < -0.4 is 10.1 Å². The Morgan fingerprint density at radius 1 is 1.33 bits per heavy atom. The first-order valence-electron chi connectivity index (χ1n) is 8.04. The van der Waals surface area contributed by atoms with Crippen LogP contribution in [0.5, 0.6) is 5.75 Å². The first-order valence-corrected chi connectivity index (χ1v) is 10.1. The summed E-state index contributed by atoms with van der Waals surface area (Å²) < 4.78 is 5.75. The van der Waals surface area contributed by atoms with Gasteiger partial charge in [0, 0.05) is 0 Å². The fourth-order valence-corrected chi connectivity index (χ4v) is 4.13. The first kappa shape index (κ1) is 19.5. The van der Waals surface area contributed by atoms with E-state index in [1.807, 2.05) is 31.2 Å². The number of thioether (sulfide) groups is 1. The lowest BCUT2D eigenvalue weighted by Crippen LogP contribution is -2.36. The number of aromatic nitrogens is 2. The van der Waals surface area contributed by atoms with E-state index in [9.17, 15) is 9.59 Å². The van der Waals surface area contributed by atoms with Crippen LogP contribution >= 0.6 is 35.3 Å². The van der Waals surface area contributed by atoms with Gasteiger partial charge in [-0.1, -0.05) is 47.4 Å². The highest BCUT2D eigenvalue weighted by Crippen LogP contribution is 2.32. The summed E-state index contributed by atoms with van der Waals surface area (Å²) in [7, 11) is 0. The molecule has 1 aliphatic rings. The Balaban J connectivity index is 1.66. The Bertz CT molecular complexity index is 908. The van der Waals surface area contributed by atoms with Crippen LogP contribution in [0.15, 0.2) is 29.2 Å². The number of hydrogen-bond donors (Lipinski definition) is 1. The van der Waals surface area contributed by atoms with Gasteiger partial charge in [-0.15, -0.1) is 10.2 Å². The monoisotopic (exact) mass is 420 g/mol. The van der Waals surface area contributed by atoms with Crippen LogP contribution in [0.1, 0.15) is 17.5 Å². The minimum Gasteiger partial charge on any atom is -0.494 e. The summed E-state index contributed by atoms with van der Waals surface area (Å²) in [4.78, 5) is 26.5. The van der Waals surface area contributed by atoms with Gasteiger partial charge in [-0.3, -0.25) is 19.8 Å². The van der Waals surface area contributed by atoms with Crippen LogP contribution in [-0.2, 0) is 9.59 Å². The Kier molecular flexibility index (Phi) is 6.19. The highest BCUT2D eigenvalue weighted by molar-refractivity contribution is 8.26. The number of thiocarbonyl (C=S) groups is 1. The van der Waals surface area contributed by atoms with Crippen molar-refractivity contribution in [3.8, 4) is 5.75 Å². The molecule has 1 fully saturated rings. The van der Waals surface area contributed by atoms with Crippen LogP contribution in [-0.4, -0.2) is 44.4 Å². The topological polar surface area (TPSA) is 84.4 Å². The molecule has 0 saturated carbocycles. The van der Waals surface area contributed by atoms with Gasteiger partial charge < -0.3 is 4.74 Å². The molecule has 0 atom stereocenters. The number of rotatable bonds is 6. The van der Waals surface area contributed by atoms with E-state index in [1.165, 1.54) is 28.0 Å². The van der Waals surface area contributed by atoms with Crippen LogP contribution in [0.3, 0.4) is 0 Å². The van der Waals surface area contributed by atoms with Gasteiger partial charge in [0.2, 0.25) is 11.0 Å². The van der Waals surface area contributed by atoms with Gasteiger partial charge >= 0.3 is 0 Å². The summed E-state index contributed by atoms with van der Waals surface area (Å²) >= 11 is 7.70. The second kappa shape index (κ2) is 8.59. The number of anilines is 1. The van der Waals surface area contributed by atoms with Crippen LogP contribution in [0.2, 0.25) is 0 Å². The van der Waals surface area contributed by atoms with Crippen molar-refractivity contribution in [2.75, 3.05) is 18.5 Å². The van der Waals surface area contributed by atoms with Gasteiger partial charge in [-0.05, 0) is 37.6 Å². The van der Waals surface area contributed by atoms with Gasteiger partial charge in [-0.2, -0.15) is 0 Å². The number of carbonyl (C=O) groups excluding carboxylic acids is 2. The van der Waals surface area contributed by atoms with Gasteiger partial charge in [0.05, 0.1) is 11.5 Å². The zero-order chi connectivity index (χ0) is 19.4. The molecule has 2 heterocycles. The maximum atomic E-state index is 12.6. The second-order valence-corrected chi connectivity index (χ2v) is 8.30. The molecule has 1 saturated heterocycles. The highest BCUT2D eigenvalue weighted by atomic mass is 32.2. The molecule has 1 aliphatic heterocycles. The highest BCUT2D eigenvalue weighted by Gasteiger charge is 2.33. The maximum absolute atomic E-state index is 12.6. The normalized spacial score (nSPS) is 15.5. The smallest absolute Gasteiger partial charge is 0.266 e. The predicted molar refractivity (Wildman–Crippen MR) is 111 cm³/mol. The van der Waals surface area contributed by atoms with Crippen molar-refractivity contribution in [3.63, 3.8) is 0 Å². The third-order valence-corrected chi connectivity index (χ3v) is 5.57. The van der Waals surface area contributed by atoms with Crippen molar-refractivity contribution in [3.05, 3.63) is 39.7 Å². The Hall–Kier alpha value is -2.30. The molecule has 0 unspecified atom stereocenters. The van der Waals surface area contributed by atoms with E-state index in [0.717, 1.165) is 16.3 Å². The van der Waals surface area contributed by atoms with E-state index < -0.39 is 0 Å². The number of benzene rings is 1. The first-order chi connectivity index (χ1) is 13.0. The quantitative estimate of drug-likeness (QED) is 0.568. The SMILES string of the molecule is CCOc1ccc(/C=C2\SC(=S)N(CC(=O)Nc3nnc(C)s3)C2=O)cc1. The molecule has 0 spiro atoms. The lowest BCUT2D eigenvalue weighted by Gasteiger charge is -2.13. The van der Waals surface area contributed by atoms with Crippen molar-refractivity contribution in [1.82, 2.24) is 15.1 Å². The molecule has 0 radical (unpaired) electrons. The number of nitrogens with one attached hydrogen (secondary N) is 1. The molecule has 1 N–H and O–H groups in total. The van der Waals surface area contributed by atoms with E-state index in [-0.39, 0.29) is 18.4 Å². The summed E-state index contributed by atoms with van der Waals surface area (Å²) in [6.07, 6.45) is 1.75. The van der Waals surface area contributed by atoms with Gasteiger partial charge in [0.25, 0.3) is 5.91 Å². The standard InChI is InChI=1S/C17H16N4O3S3/c1-3-24-12-6-4-11(5-7-12)8-13-15(23)21(17(25)27-13)9-14(22)18-16-20-19-10(2)26-16/h4-8H,3,9H2,1-2H3,(H,18,20,22)/b13-8-. The van der Waals surface area contributed by atoms with Crippen LogP contribution in [0, 0.1) is 6.92 Å². The molecule has 0 aliphatic carbocycles. The van der Waals surface area contributed by atoms with Gasteiger partial charge in [-0.25, -0.2) is 0 Å². The van der Waals surface area contributed by atoms with Crippen molar-refractivity contribution < 1.29 is 14.3 Å². The fourth-order valence-electron chi connectivity index (χ4n) is 2.26. The lowest BCUT2D eigenvalue weighted by molar-refractivity contribution is -0.126. The van der Waals surface area contributed by atoms with Crippen molar-refractivity contribution in [2.45, 2.75) is 13.8 Å². The molecular weight excluding hydrogens is 404 g/mol. The Labute approximate surface area is 169 Å². The second-order valence-electron chi connectivity index (χ2n) is 5.44. The molecule has 140 valence electrons. The van der Waals surface area contributed by atoms with Gasteiger partial charge in [0.15, 0.2) is 0 Å². The zero-order valence-electron chi connectivity index (χ0n) is 14.6. The average Bonchev–Trinajstić information content (AvgIpc) is 3.15. The van der Waals surface area contributed by atoms with E-state index in [2.05, 4.69) is 15.5 Å². The van der Waals surface area contributed by atoms with Crippen LogP contribution in [0.25, 0.3) is 6.08 Å². The number of hydrogen-bond acceptors (Lipinski definition) is 8. The van der Waals surface area contributed by atoms with Crippen LogP contribution in [0.4, 0.5) is 5.13 Å². The predicted octanol–water partition coefficient (Wildman–Crippen LogP) is 3.09. The van der Waals surface area contributed by atoms with E-state index >= 15 is 0 Å². The number of nitrogens with zero attached hydrogens (tertiary/aromatic N) is 3. The number of ether oxygens (including phenoxy) is 1. The minimum absolute atomic E-state index is 0.163. The molecule has 10 heteroatoms. The number of amides is 2. The minimum atomic E-state index is -0.371. The molecule has 27 heavy (non-hydrogen) atoms. The summed E-state index contributed by atoms with van der Waals surface area (Å²) in [5.41, 5.74) is 0.854. The summed E-state index contributed by atoms with van der Waals surface area (Å²) in [5.74, 6) is 0.109. The molecule has 3 rings (SSSR count). The molecule has 2 amide bonds. The molecule has 1 aromatic carbocycles.